The number of nitrogens with zero attached hydrogens (tertiary/aromatic N) is 1. The Bertz CT molecular complexity index is 545. The molecule has 0 aliphatic heterocycles. The molecule has 0 saturated heterocycles. The number of aliphatic carboxylic acids is 1. The van der Waals surface area contributed by atoms with Crippen LogP contribution in [0.4, 0.5) is 5.69 Å². The molecular weight excluding hydrogens is 337 g/mol. The van der Waals surface area contributed by atoms with Gasteiger partial charge in [0.25, 0.3) is 0 Å². The molecule has 1 aromatic rings. The first kappa shape index (κ1) is 20.2. The van der Waals surface area contributed by atoms with Gasteiger partial charge in [0, 0.05) is 17.5 Å². The lowest BCUT2D eigenvalue weighted by Crippen LogP contribution is -2.49. The van der Waals surface area contributed by atoms with E-state index in [1.165, 1.54) is 0 Å². The van der Waals surface area contributed by atoms with Crippen LogP contribution >= 0.6 is 23.2 Å². The van der Waals surface area contributed by atoms with Gasteiger partial charge in [-0.1, -0.05) is 19.9 Å². The molecule has 0 spiro atoms. The van der Waals surface area contributed by atoms with Gasteiger partial charge in [-0.25, -0.2) is 5.21 Å². The first-order valence-electron chi connectivity index (χ1n) is 7.77. The molecule has 0 heterocycles. The monoisotopic (exact) mass is 362 g/mol. The van der Waals surface area contributed by atoms with Gasteiger partial charge in [-0.05, 0) is 24.5 Å². The Morgan fingerprint density at radius 3 is 2.22 bits per heavy atom. The zero-order valence-corrected chi connectivity index (χ0v) is 15.5. The van der Waals surface area contributed by atoms with E-state index < -0.39 is 11.4 Å². The highest BCUT2D eigenvalue weighted by atomic mass is 35.5. The van der Waals surface area contributed by atoms with E-state index in [1.807, 2.05) is 39.0 Å². The topological polar surface area (TPSA) is 57.5 Å². The summed E-state index contributed by atoms with van der Waals surface area (Å²) < 4.78 is -0.310. The van der Waals surface area contributed by atoms with Crippen LogP contribution in [0.1, 0.15) is 37.8 Å². The Hall–Kier alpha value is -0.810. The third-order valence-electron chi connectivity index (χ3n) is 4.57. The van der Waals surface area contributed by atoms with Crippen molar-refractivity contribution in [2.45, 2.75) is 39.0 Å². The van der Waals surface area contributed by atoms with Crippen molar-refractivity contribution >= 4 is 34.9 Å². The summed E-state index contributed by atoms with van der Waals surface area (Å²) in [5.74, 6) is -0.172. The Kier molecular flexibility index (Phi) is 7.33. The van der Waals surface area contributed by atoms with Gasteiger partial charge in [-0.2, -0.15) is 0 Å². The van der Waals surface area contributed by atoms with Crippen LogP contribution in [0.15, 0.2) is 18.2 Å². The fraction of sp³-hybridized carbons (Fsp3) is 0.588. The second-order valence-corrected chi connectivity index (χ2v) is 6.99. The van der Waals surface area contributed by atoms with E-state index in [1.54, 1.807) is 0 Å². The summed E-state index contributed by atoms with van der Waals surface area (Å²) in [7, 11) is 0. The first-order valence-corrected chi connectivity index (χ1v) is 8.84. The maximum absolute atomic E-state index is 11.2. The Morgan fingerprint density at radius 2 is 1.83 bits per heavy atom. The van der Waals surface area contributed by atoms with Gasteiger partial charge < -0.3 is 5.11 Å². The number of quaternary nitrogens is 1. The number of carbonyl (C=O) groups is 1. The summed E-state index contributed by atoms with van der Waals surface area (Å²) in [4.78, 5) is 11.2. The molecule has 0 aliphatic carbocycles. The second kappa shape index (κ2) is 8.34. The molecule has 0 aromatic heterocycles. The van der Waals surface area contributed by atoms with E-state index in [0.29, 0.717) is 24.8 Å². The third-order valence-corrected chi connectivity index (χ3v) is 4.91. The quantitative estimate of drug-likeness (QED) is 0.390. The smallest absolute Gasteiger partial charge is 0.304 e. The summed E-state index contributed by atoms with van der Waals surface area (Å²) in [6.07, 6.45) is 0.800. The average molecular weight is 363 g/mol. The van der Waals surface area contributed by atoms with Crippen LogP contribution < -0.4 is 4.65 Å². The zero-order chi connectivity index (χ0) is 17.7. The van der Waals surface area contributed by atoms with Crippen molar-refractivity contribution in [2.24, 2.45) is 0 Å². The van der Waals surface area contributed by atoms with Crippen molar-refractivity contribution in [3.63, 3.8) is 0 Å². The fourth-order valence-electron chi connectivity index (χ4n) is 2.98. The second-order valence-electron chi connectivity index (χ2n) is 6.23. The molecular formula is C17H26Cl2NO3+. The van der Waals surface area contributed by atoms with Gasteiger partial charge in [0.15, 0.2) is 5.69 Å². The minimum Gasteiger partial charge on any atom is -0.481 e. The zero-order valence-electron chi connectivity index (χ0n) is 14.0. The van der Waals surface area contributed by atoms with Crippen LogP contribution in [0.3, 0.4) is 0 Å². The maximum Gasteiger partial charge on any atom is 0.304 e. The van der Waals surface area contributed by atoms with Crippen molar-refractivity contribution in [3.05, 3.63) is 29.3 Å². The maximum atomic E-state index is 11.2. The van der Waals surface area contributed by atoms with E-state index in [9.17, 15) is 15.1 Å². The molecule has 0 saturated carbocycles. The predicted molar refractivity (Wildman–Crippen MR) is 95.8 cm³/mol. The van der Waals surface area contributed by atoms with Crippen molar-refractivity contribution in [2.75, 3.05) is 24.8 Å². The molecule has 4 nitrogen and oxygen atoms in total. The fourth-order valence-corrected chi connectivity index (χ4v) is 3.54. The van der Waals surface area contributed by atoms with E-state index in [4.69, 9.17) is 23.2 Å². The normalized spacial score (nSPS) is 14.5. The molecule has 23 heavy (non-hydrogen) atoms. The highest BCUT2D eigenvalue weighted by Gasteiger charge is 2.32. The van der Waals surface area contributed by atoms with Crippen molar-refractivity contribution < 1.29 is 15.1 Å². The number of aryl methyl sites for hydroxylation is 1. The first-order chi connectivity index (χ1) is 10.7. The number of hydrogen-bond acceptors (Lipinski definition) is 2. The lowest BCUT2D eigenvalue weighted by Gasteiger charge is -2.32. The molecule has 1 unspecified atom stereocenters. The molecule has 0 aliphatic rings. The van der Waals surface area contributed by atoms with Crippen LogP contribution in [-0.4, -0.2) is 41.1 Å². The SMILES string of the molecule is CCC(C)(CC(=O)O)c1ccc([N+](O)(CCCl)CCCl)cc1C. The number of halogens is 2. The Labute approximate surface area is 148 Å². The van der Waals surface area contributed by atoms with E-state index in [-0.39, 0.29) is 11.1 Å². The van der Waals surface area contributed by atoms with Gasteiger partial charge in [0.2, 0.25) is 0 Å². The van der Waals surface area contributed by atoms with Crippen LogP contribution in [0.5, 0.6) is 0 Å². The molecule has 1 aromatic carbocycles. The number of carboxylic acid groups (broad SMARTS) is 1. The number of carboxylic acids is 1. The molecule has 1 rings (SSSR count). The van der Waals surface area contributed by atoms with Crippen molar-refractivity contribution in [1.29, 1.82) is 0 Å². The van der Waals surface area contributed by atoms with Gasteiger partial charge in [0.1, 0.15) is 13.1 Å². The van der Waals surface area contributed by atoms with Crippen LogP contribution in [0, 0.1) is 6.92 Å². The Balaban J connectivity index is 3.26. The van der Waals surface area contributed by atoms with E-state index in [0.717, 1.165) is 23.2 Å². The lowest BCUT2D eigenvalue weighted by atomic mass is 9.75. The van der Waals surface area contributed by atoms with Crippen LogP contribution in [0.2, 0.25) is 0 Å². The van der Waals surface area contributed by atoms with Crippen LogP contribution in [0.25, 0.3) is 0 Å². The molecule has 0 radical (unpaired) electrons. The standard InChI is InChI=1S/C17H25Cl2NO3/c1-4-17(3,12-16(21)22)15-6-5-14(11-13(15)2)20(23,9-7-18)10-8-19/h5-6,11,23H,4,7-10,12H2,1-3H3/p+1. The minimum atomic E-state index is -0.811. The van der Waals surface area contributed by atoms with Crippen molar-refractivity contribution in [1.82, 2.24) is 4.65 Å². The molecule has 130 valence electrons. The average Bonchev–Trinajstić information content (AvgIpc) is 2.46. The van der Waals surface area contributed by atoms with Gasteiger partial charge in [-0.15, -0.1) is 27.8 Å². The Morgan fingerprint density at radius 1 is 1.26 bits per heavy atom. The van der Waals surface area contributed by atoms with Crippen LogP contribution in [-0.2, 0) is 10.2 Å². The van der Waals surface area contributed by atoms with Gasteiger partial charge >= 0.3 is 5.97 Å². The number of hydroxylamine groups is 2. The number of benzene rings is 1. The highest BCUT2D eigenvalue weighted by Crippen LogP contribution is 2.36. The molecule has 0 bridgehead atoms. The molecule has 1 atom stereocenters. The summed E-state index contributed by atoms with van der Waals surface area (Å²) in [6, 6.07) is 5.67. The highest BCUT2D eigenvalue weighted by molar-refractivity contribution is 6.18. The summed E-state index contributed by atoms with van der Waals surface area (Å²) >= 11 is 11.6. The molecule has 0 fully saturated rings. The number of hydrogen-bond donors (Lipinski definition) is 2. The molecule has 6 heteroatoms. The summed E-state index contributed by atoms with van der Waals surface area (Å²) in [5.41, 5.74) is 2.25. The number of alkyl halides is 2. The predicted octanol–water partition coefficient (Wildman–Crippen LogP) is 4.31. The van der Waals surface area contributed by atoms with Gasteiger partial charge in [0.05, 0.1) is 18.2 Å². The van der Waals surface area contributed by atoms with Gasteiger partial charge in [-0.3, -0.25) is 4.79 Å². The number of rotatable bonds is 9. The van der Waals surface area contributed by atoms with E-state index in [2.05, 4.69) is 0 Å². The van der Waals surface area contributed by atoms with Crippen molar-refractivity contribution in [3.8, 4) is 0 Å². The third kappa shape index (κ3) is 4.83. The minimum absolute atomic E-state index is 0.0756. The lowest BCUT2D eigenvalue weighted by molar-refractivity contribution is -0.138. The molecule has 0 amide bonds. The van der Waals surface area contributed by atoms with E-state index >= 15 is 0 Å². The summed E-state index contributed by atoms with van der Waals surface area (Å²) in [5, 5.41) is 20.0. The largest absolute Gasteiger partial charge is 0.481 e. The molecule has 2 N–H and O–H groups in total. The summed E-state index contributed by atoms with van der Waals surface area (Å²) in [6.45, 7) is 6.63.